The van der Waals surface area contributed by atoms with Gasteiger partial charge in [-0.25, -0.2) is 0 Å². The van der Waals surface area contributed by atoms with E-state index in [1.165, 1.54) is 0 Å². The number of nitrogens with one attached hydrogen (secondary N) is 1. The van der Waals surface area contributed by atoms with Crippen molar-refractivity contribution >= 4 is 5.69 Å². The summed E-state index contributed by atoms with van der Waals surface area (Å²) < 4.78 is 13.0. The molecule has 0 aromatic heterocycles. The Morgan fingerprint density at radius 3 is 2.50 bits per heavy atom. The molecular formula is C11H17FN2. The summed E-state index contributed by atoms with van der Waals surface area (Å²) in [6.07, 6.45) is 0. The van der Waals surface area contributed by atoms with Crippen molar-refractivity contribution in [1.82, 2.24) is 5.12 Å². The smallest absolute Gasteiger partial charge is 0.0466 e. The molecule has 0 bridgehead atoms. The van der Waals surface area contributed by atoms with Crippen molar-refractivity contribution in [2.75, 3.05) is 18.4 Å². The molecule has 0 aliphatic rings. The summed E-state index contributed by atoms with van der Waals surface area (Å²) in [7, 11) is 0. The first-order valence-corrected chi connectivity index (χ1v) is 4.91. The van der Waals surface area contributed by atoms with Crippen molar-refractivity contribution in [3.05, 3.63) is 30.3 Å². The Hall–Kier alpha value is -1.09. The Labute approximate surface area is 84.7 Å². The van der Waals surface area contributed by atoms with Crippen LogP contribution in [0.2, 0.25) is 0 Å². The van der Waals surface area contributed by atoms with Crippen LogP contribution in [0, 0.1) is 0 Å². The van der Waals surface area contributed by atoms with E-state index in [0.717, 1.165) is 10.8 Å². The largest absolute Gasteiger partial charge is 0.384 e. The minimum absolute atomic E-state index is 0.0485. The molecule has 0 amide bonds. The van der Waals surface area contributed by atoms with Gasteiger partial charge in [-0.05, 0) is 26.0 Å². The highest BCUT2D eigenvalue weighted by molar-refractivity contribution is 5.42. The van der Waals surface area contributed by atoms with Crippen LogP contribution >= 0.6 is 0 Å². The highest BCUT2D eigenvalue weighted by Gasteiger charge is 2.05. The molecule has 0 spiro atoms. The first-order chi connectivity index (χ1) is 6.70. The molecule has 0 aliphatic carbocycles. The summed E-state index contributed by atoms with van der Waals surface area (Å²) in [4.78, 5) is 0. The van der Waals surface area contributed by atoms with Crippen molar-refractivity contribution in [3.63, 3.8) is 0 Å². The monoisotopic (exact) mass is 196 g/mol. The van der Waals surface area contributed by atoms with Gasteiger partial charge in [-0.2, -0.15) is 0 Å². The number of rotatable bonds is 5. The molecule has 0 saturated carbocycles. The van der Waals surface area contributed by atoms with Crippen LogP contribution in [0.3, 0.4) is 0 Å². The van der Waals surface area contributed by atoms with Gasteiger partial charge in [-0.15, -0.1) is 9.60 Å². The second-order valence-corrected chi connectivity index (χ2v) is 3.51. The molecule has 0 heterocycles. The van der Waals surface area contributed by atoms with E-state index in [2.05, 4.69) is 5.32 Å². The maximum Gasteiger partial charge on any atom is 0.0466 e. The molecule has 1 rings (SSSR count). The zero-order valence-electron chi connectivity index (χ0n) is 8.70. The molecule has 78 valence electrons. The van der Waals surface area contributed by atoms with Crippen LogP contribution in [-0.2, 0) is 0 Å². The van der Waals surface area contributed by atoms with E-state index in [1.54, 1.807) is 0 Å². The molecule has 1 N–H and O–H groups in total. The summed E-state index contributed by atoms with van der Waals surface area (Å²) >= 11 is 0. The molecule has 3 heteroatoms. The predicted molar refractivity (Wildman–Crippen MR) is 57.9 cm³/mol. The minimum Gasteiger partial charge on any atom is -0.384 e. The Kier molecular flexibility index (Phi) is 4.40. The average Bonchev–Trinajstić information content (AvgIpc) is 2.19. The number of halogens is 1. The lowest BCUT2D eigenvalue weighted by Gasteiger charge is -2.16. The SMILES string of the molecule is CC(C)N(F)CCNc1ccccc1. The van der Waals surface area contributed by atoms with Crippen molar-refractivity contribution in [3.8, 4) is 0 Å². The van der Waals surface area contributed by atoms with E-state index in [0.29, 0.717) is 13.1 Å². The van der Waals surface area contributed by atoms with E-state index in [4.69, 9.17) is 0 Å². The Balaban J connectivity index is 2.22. The van der Waals surface area contributed by atoms with E-state index in [1.807, 2.05) is 44.2 Å². The molecule has 0 fully saturated rings. The second-order valence-electron chi connectivity index (χ2n) is 3.51. The molecule has 0 aliphatic heterocycles. The molecule has 0 saturated heterocycles. The second kappa shape index (κ2) is 5.60. The summed E-state index contributed by atoms with van der Waals surface area (Å²) in [5.74, 6) is 0. The fraction of sp³-hybridized carbons (Fsp3) is 0.455. The lowest BCUT2D eigenvalue weighted by molar-refractivity contribution is -0.00319. The lowest BCUT2D eigenvalue weighted by Crippen LogP contribution is -2.27. The van der Waals surface area contributed by atoms with E-state index in [9.17, 15) is 4.48 Å². The lowest BCUT2D eigenvalue weighted by atomic mass is 10.3. The normalized spacial score (nSPS) is 10.9. The van der Waals surface area contributed by atoms with Gasteiger partial charge in [-0.1, -0.05) is 18.2 Å². The van der Waals surface area contributed by atoms with Crippen molar-refractivity contribution < 1.29 is 4.48 Å². The maximum atomic E-state index is 13.0. The fourth-order valence-electron chi connectivity index (χ4n) is 1.12. The maximum absolute atomic E-state index is 13.0. The van der Waals surface area contributed by atoms with Crippen molar-refractivity contribution in [1.29, 1.82) is 0 Å². The van der Waals surface area contributed by atoms with Gasteiger partial charge in [0, 0.05) is 24.8 Å². The molecule has 2 nitrogen and oxygen atoms in total. The van der Waals surface area contributed by atoms with E-state index < -0.39 is 0 Å². The molecule has 1 aromatic rings. The fourth-order valence-corrected chi connectivity index (χ4v) is 1.12. The third-order valence-corrected chi connectivity index (χ3v) is 1.99. The quantitative estimate of drug-likeness (QED) is 0.728. The third-order valence-electron chi connectivity index (χ3n) is 1.99. The molecule has 14 heavy (non-hydrogen) atoms. The highest BCUT2D eigenvalue weighted by Crippen LogP contribution is 2.04. The van der Waals surface area contributed by atoms with Crippen LogP contribution in [0.5, 0.6) is 0 Å². The summed E-state index contributed by atoms with van der Waals surface area (Å²) in [5, 5.41) is 3.98. The topological polar surface area (TPSA) is 15.3 Å². The molecule has 1 aromatic carbocycles. The molecule has 0 atom stereocenters. The number of para-hydroxylation sites is 1. The van der Waals surface area contributed by atoms with Gasteiger partial charge in [0.25, 0.3) is 0 Å². The number of hydrogen-bond donors (Lipinski definition) is 1. The van der Waals surface area contributed by atoms with Gasteiger partial charge in [-0.3, -0.25) is 0 Å². The van der Waals surface area contributed by atoms with Crippen LogP contribution in [0.4, 0.5) is 10.2 Å². The molecule has 0 radical (unpaired) electrons. The van der Waals surface area contributed by atoms with Crippen LogP contribution in [0.15, 0.2) is 30.3 Å². The number of anilines is 1. The van der Waals surface area contributed by atoms with E-state index in [-0.39, 0.29) is 6.04 Å². The standard InChI is InChI=1S/C11H17FN2/c1-10(2)14(12)9-8-13-11-6-4-3-5-7-11/h3-7,10,13H,8-9H2,1-2H3. The van der Waals surface area contributed by atoms with Gasteiger partial charge in [0.2, 0.25) is 0 Å². The van der Waals surface area contributed by atoms with Crippen LogP contribution < -0.4 is 5.32 Å². The number of nitrogens with zero attached hydrogens (tertiary/aromatic N) is 1. The van der Waals surface area contributed by atoms with Crippen LogP contribution in [0.25, 0.3) is 0 Å². The highest BCUT2D eigenvalue weighted by atomic mass is 19.2. The number of benzene rings is 1. The summed E-state index contributed by atoms with van der Waals surface area (Å²) in [5.41, 5.74) is 1.03. The molecular weight excluding hydrogens is 179 g/mol. The Morgan fingerprint density at radius 2 is 1.93 bits per heavy atom. The minimum atomic E-state index is -0.0485. The summed E-state index contributed by atoms with van der Waals surface area (Å²) in [6, 6.07) is 9.76. The van der Waals surface area contributed by atoms with Gasteiger partial charge in [0.1, 0.15) is 0 Å². The predicted octanol–water partition coefficient (Wildman–Crippen LogP) is 2.69. The van der Waals surface area contributed by atoms with E-state index >= 15 is 0 Å². The first-order valence-electron chi connectivity index (χ1n) is 4.91. The van der Waals surface area contributed by atoms with Gasteiger partial charge in [0.15, 0.2) is 0 Å². The zero-order valence-corrected chi connectivity index (χ0v) is 8.70. The first kappa shape index (κ1) is 11.0. The van der Waals surface area contributed by atoms with Gasteiger partial charge < -0.3 is 5.32 Å². The molecule has 0 unspecified atom stereocenters. The van der Waals surface area contributed by atoms with Gasteiger partial charge in [0.05, 0.1) is 0 Å². The van der Waals surface area contributed by atoms with Crippen LogP contribution in [-0.4, -0.2) is 24.3 Å². The number of hydrogen-bond acceptors (Lipinski definition) is 2. The van der Waals surface area contributed by atoms with Crippen LogP contribution in [0.1, 0.15) is 13.8 Å². The van der Waals surface area contributed by atoms with Gasteiger partial charge >= 0.3 is 0 Å². The zero-order chi connectivity index (χ0) is 10.4. The third kappa shape index (κ3) is 3.75. The average molecular weight is 196 g/mol. The van der Waals surface area contributed by atoms with Crippen molar-refractivity contribution in [2.45, 2.75) is 19.9 Å². The Morgan fingerprint density at radius 1 is 1.29 bits per heavy atom. The summed E-state index contributed by atoms with van der Waals surface area (Å²) in [6.45, 7) is 4.70. The Bertz CT molecular complexity index is 249. The van der Waals surface area contributed by atoms with Crippen molar-refractivity contribution in [2.24, 2.45) is 0 Å².